The fraction of sp³-hybridized carbons (Fsp3) is 0.769. The van der Waals surface area contributed by atoms with Crippen LogP contribution in [0, 0.1) is 5.92 Å². The lowest BCUT2D eigenvalue weighted by atomic mass is 10.0. The Labute approximate surface area is 98.3 Å². The Morgan fingerprint density at radius 3 is 2.75 bits per heavy atom. The summed E-state index contributed by atoms with van der Waals surface area (Å²) in [6.07, 6.45) is 9.56. The molecule has 1 aromatic rings. The molecule has 0 spiro atoms. The second-order valence-electron chi connectivity index (χ2n) is 5.46. The molecule has 0 aromatic carbocycles. The van der Waals surface area contributed by atoms with Gasteiger partial charge in [-0.15, -0.1) is 0 Å². The van der Waals surface area contributed by atoms with Gasteiger partial charge in [0.15, 0.2) is 0 Å². The molecular weight excluding hydrogens is 198 g/mol. The van der Waals surface area contributed by atoms with Crippen molar-refractivity contribution >= 4 is 0 Å². The van der Waals surface area contributed by atoms with E-state index in [-0.39, 0.29) is 5.54 Å². The third-order valence-electron chi connectivity index (χ3n) is 3.91. The molecule has 0 amide bonds. The van der Waals surface area contributed by atoms with Crippen molar-refractivity contribution in [1.29, 1.82) is 0 Å². The first kappa shape index (κ1) is 11.6. The summed E-state index contributed by atoms with van der Waals surface area (Å²) >= 11 is 0. The predicted molar refractivity (Wildman–Crippen MR) is 66.3 cm³/mol. The molecule has 0 unspecified atom stereocenters. The third-order valence-corrected chi connectivity index (χ3v) is 3.91. The van der Waals surface area contributed by atoms with Gasteiger partial charge in [0.25, 0.3) is 0 Å². The monoisotopic (exact) mass is 221 g/mol. The summed E-state index contributed by atoms with van der Waals surface area (Å²) in [6, 6.07) is 0. The molecular formula is C13H23N3. The Kier molecular flexibility index (Phi) is 3.33. The minimum Gasteiger partial charge on any atom is -0.333 e. The van der Waals surface area contributed by atoms with E-state index in [1.165, 1.54) is 31.4 Å². The summed E-state index contributed by atoms with van der Waals surface area (Å²) in [5, 5.41) is 3.35. The Morgan fingerprint density at radius 1 is 1.44 bits per heavy atom. The van der Waals surface area contributed by atoms with Gasteiger partial charge in [0.1, 0.15) is 0 Å². The van der Waals surface area contributed by atoms with E-state index in [0.717, 1.165) is 12.5 Å². The first-order valence-corrected chi connectivity index (χ1v) is 6.33. The molecule has 0 radical (unpaired) electrons. The average molecular weight is 221 g/mol. The molecule has 16 heavy (non-hydrogen) atoms. The molecule has 1 fully saturated rings. The summed E-state index contributed by atoms with van der Waals surface area (Å²) in [4.78, 5) is 4.30. The normalized spacial score (nSPS) is 18.2. The van der Waals surface area contributed by atoms with Gasteiger partial charge in [0, 0.05) is 12.7 Å². The Morgan fingerprint density at radius 2 is 2.12 bits per heavy atom. The fourth-order valence-corrected chi connectivity index (χ4v) is 2.59. The number of nitrogens with zero attached hydrogens (tertiary/aromatic N) is 2. The van der Waals surface area contributed by atoms with Crippen molar-refractivity contribution in [1.82, 2.24) is 14.9 Å². The SMILES string of the molecule is CNC(C)(C)c1cncn1CC1CCCC1. The predicted octanol–water partition coefficient (Wildman–Crippen LogP) is 2.53. The Bertz CT molecular complexity index is 335. The molecule has 1 N–H and O–H groups in total. The van der Waals surface area contributed by atoms with Crippen molar-refractivity contribution in [3.63, 3.8) is 0 Å². The summed E-state index contributed by atoms with van der Waals surface area (Å²) in [6.45, 7) is 5.55. The van der Waals surface area contributed by atoms with Crippen LogP contribution in [0.25, 0.3) is 0 Å². The van der Waals surface area contributed by atoms with Crippen LogP contribution in [0.4, 0.5) is 0 Å². The largest absolute Gasteiger partial charge is 0.333 e. The van der Waals surface area contributed by atoms with Gasteiger partial charge in [0.05, 0.1) is 17.6 Å². The zero-order valence-electron chi connectivity index (χ0n) is 10.7. The van der Waals surface area contributed by atoms with Crippen molar-refractivity contribution in [2.24, 2.45) is 5.92 Å². The van der Waals surface area contributed by atoms with Gasteiger partial charge in [-0.25, -0.2) is 4.98 Å². The lowest BCUT2D eigenvalue weighted by molar-refractivity contribution is 0.379. The third kappa shape index (κ3) is 2.29. The van der Waals surface area contributed by atoms with Gasteiger partial charge in [-0.2, -0.15) is 0 Å². The molecule has 0 atom stereocenters. The minimum atomic E-state index is 0.00903. The van der Waals surface area contributed by atoms with Gasteiger partial charge in [-0.3, -0.25) is 0 Å². The number of nitrogens with one attached hydrogen (secondary N) is 1. The van der Waals surface area contributed by atoms with E-state index in [1.54, 1.807) is 0 Å². The van der Waals surface area contributed by atoms with Gasteiger partial charge >= 0.3 is 0 Å². The van der Waals surface area contributed by atoms with E-state index in [4.69, 9.17) is 0 Å². The average Bonchev–Trinajstić information content (AvgIpc) is 2.89. The van der Waals surface area contributed by atoms with E-state index in [9.17, 15) is 0 Å². The van der Waals surface area contributed by atoms with Crippen LogP contribution >= 0.6 is 0 Å². The van der Waals surface area contributed by atoms with Crippen molar-refractivity contribution in [2.45, 2.75) is 51.6 Å². The number of hydrogen-bond acceptors (Lipinski definition) is 2. The molecule has 90 valence electrons. The molecule has 1 aliphatic rings. The van der Waals surface area contributed by atoms with Crippen LogP contribution in [0.3, 0.4) is 0 Å². The van der Waals surface area contributed by atoms with E-state index in [1.807, 2.05) is 19.6 Å². The molecule has 1 aliphatic carbocycles. The van der Waals surface area contributed by atoms with Crippen molar-refractivity contribution in [3.8, 4) is 0 Å². The van der Waals surface area contributed by atoms with Crippen LogP contribution in [0.2, 0.25) is 0 Å². The van der Waals surface area contributed by atoms with Gasteiger partial charge in [-0.05, 0) is 39.7 Å². The summed E-state index contributed by atoms with van der Waals surface area (Å²) in [5.41, 5.74) is 1.30. The molecule has 1 aromatic heterocycles. The van der Waals surface area contributed by atoms with Crippen molar-refractivity contribution in [3.05, 3.63) is 18.2 Å². The van der Waals surface area contributed by atoms with Crippen LogP contribution < -0.4 is 5.32 Å². The fourth-order valence-electron chi connectivity index (χ4n) is 2.59. The second kappa shape index (κ2) is 4.58. The van der Waals surface area contributed by atoms with Crippen LogP contribution in [0.5, 0.6) is 0 Å². The standard InChI is InChI=1S/C13H23N3/c1-13(2,14-3)12-8-15-10-16(12)9-11-6-4-5-7-11/h8,10-11,14H,4-7,9H2,1-3H3. The van der Waals surface area contributed by atoms with Gasteiger partial charge < -0.3 is 9.88 Å². The first-order valence-electron chi connectivity index (χ1n) is 6.33. The van der Waals surface area contributed by atoms with E-state index in [2.05, 4.69) is 28.7 Å². The summed E-state index contributed by atoms with van der Waals surface area (Å²) in [5.74, 6) is 0.862. The Hall–Kier alpha value is -0.830. The number of aromatic nitrogens is 2. The Balaban J connectivity index is 2.12. The summed E-state index contributed by atoms with van der Waals surface area (Å²) < 4.78 is 2.33. The first-order chi connectivity index (χ1) is 7.63. The number of hydrogen-bond donors (Lipinski definition) is 1. The number of rotatable bonds is 4. The molecule has 3 heteroatoms. The maximum Gasteiger partial charge on any atom is 0.0948 e. The lowest BCUT2D eigenvalue weighted by Gasteiger charge is -2.26. The quantitative estimate of drug-likeness (QED) is 0.846. The highest BCUT2D eigenvalue weighted by atomic mass is 15.1. The van der Waals surface area contributed by atoms with Crippen LogP contribution in [-0.4, -0.2) is 16.6 Å². The van der Waals surface area contributed by atoms with E-state index < -0.39 is 0 Å². The highest BCUT2D eigenvalue weighted by Gasteiger charge is 2.24. The molecule has 1 heterocycles. The molecule has 0 bridgehead atoms. The molecule has 3 nitrogen and oxygen atoms in total. The highest BCUT2D eigenvalue weighted by molar-refractivity contribution is 5.11. The number of imidazole rings is 1. The second-order valence-corrected chi connectivity index (χ2v) is 5.46. The molecule has 0 saturated heterocycles. The highest BCUT2D eigenvalue weighted by Crippen LogP contribution is 2.28. The van der Waals surface area contributed by atoms with Crippen molar-refractivity contribution < 1.29 is 0 Å². The minimum absolute atomic E-state index is 0.00903. The maximum atomic E-state index is 4.30. The zero-order valence-corrected chi connectivity index (χ0v) is 10.7. The molecule has 1 saturated carbocycles. The van der Waals surface area contributed by atoms with E-state index >= 15 is 0 Å². The van der Waals surface area contributed by atoms with E-state index in [0.29, 0.717) is 0 Å². The smallest absolute Gasteiger partial charge is 0.0948 e. The van der Waals surface area contributed by atoms with Crippen LogP contribution in [0.15, 0.2) is 12.5 Å². The van der Waals surface area contributed by atoms with Crippen molar-refractivity contribution in [2.75, 3.05) is 7.05 Å². The zero-order chi connectivity index (χ0) is 11.6. The van der Waals surface area contributed by atoms with Gasteiger partial charge in [-0.1, -0.05) is 12.8 Å². The van der Waals surface area contributed by atoms with Crippen LogP contribution in [0.1, 0.15) is 45.2 Å². The lowest BCUT2D eigenvalue weighted by Crippen LogP contribution is -2.35. The maximum absolute atomic E-state index is 4.30. The molecule has 0 aliphatic heterocycles. The van der Waals surface area contributed by atoms with Gasteiger partial charge in [0.2, 0.25) is 0 Å². The molecule has 2 rings (SSSR count). The summed E-state index contributed by atoms with van der Waals surface area (Å²) in [7, 11) is 2.01. The van der Waals surface area contributed by atoms with Crippen LogP contribution in [-0.2, 0) is 12.1 Å². The topological polar surface area (TPSA) is 29.9 Å².